The summed E-state index contributed by atoms with van der Waals surface area (Å²) in [6.07, 6.45) is 0.791. The van der Waals surface area contributed by atoms with Gasteiger partial charge in [0, 0.05) is 17.5 Å². The van der Waals surface area contributed by atoms with Crippen LogP contribution in [0.1, 0.15) is 22.9 Å². The van der Waals surface area contributed by atoms with Crippen LogP contribution >= 0.6 is 11.3 Å². The molecule has 1 unspecified atom stereocenters. The van der Waals surface area contributed by atoms with Crippen molar-refractivity contribution in [1.29, 1.82) is 0 Å². The van der Waals surface area contributed by atoms with Crippen LogP contribution in [0.4, 0.5) is 0 Å². The number of aromatic nitrogens is 1. The lowest BCUT2D eigenvalue weighted by Crippen LogP contribution is -2.30. The fourth-order valence-corrected chi connectivity index (χ4v) is 3.32. The van der Waals surface area contributed by atoms with Crippen LogP contribution in [-0.2, 0) is 6.42 Å². The Balaban J connectivity index is 1.89. The van der Waals surface area contributed by atoms with E-state index < -0.39 is 0 Å². The number of fused-ring (bicyclic) bond motifs is 1. The molecule has 0 aliphatic rings. The van der Waals surface area contributed by atoms with Gasteiger partial charge >= 0.3 is 0 Å². The number of nitrogens with one attached hydrogen (secondary N) is 1. The number of nitrogens with two attached hydrogens (primary N) is 1. The molecule has 3 nitrogen and oxygen atoms in total. The molecule has 2 aromatic heterocycles. The van der Waals surface area contributed by atoms with Gasteiger partial charge in [0.25, 0.3) is 0 Å². The molecule has 0 saturated heterocycles. The Morgan fingerprint density at radius 3 is 2.80 bits per heavy atom. The first-order valence-corrected chi connectivity index (χ1v) is 7.55. The smallest absolute Gasteiger partial charge is 0.0705 e. The number of hydrazine groups is 1. The standard InChI is InChI=1S/C16H17N3S/c1-11-9-20-10-14(11)16(19-17)8-13-7-6-12-4-2-3-5-15(12)18-13/h2-7,9-10,16,19H,8,17H2,1H3. The Labute approximate surface area is 122 Å². The van der Waals surface area contributed by atoms with Gasteiger partial charge < -0.3 is 0 Å². The molecule has 0 bridgehead atoms. The lowest BCUT2D eigenvalue weighted by Gasteiger charge is -2.16. The maximum Gasteiger partial charge on any atom is 0.0705 e. The summed E-state index contributed by atoms with van der Waals surface area (Å²) in [6, 6.07) is 12.5. The van der Waals surface area contributed by atoms with E-state index in [1.807, 2.05) is 18.2 Å². The summed E-state index contributed by atoms with van der Waals surface area (Å²) < 4.78 is 0. The van der Waals surface area contributed by atoms with Crippen LogP contribution in [0, 0.1) is 6.92 Å². The van der Waals surface area contributed by atoms with Gasteiger partial charge in [0.05, 0.1) is 11.6 Å². The quantitative estimate of drug-likeness (QED) is 0.570. The minimum Gasteiger partial charge on any atom is -0.271 e. The number of benzene rings is 1. The van der Waals surface area contributed by atoms with Gasteiger partial charge in [0.2, 0.25) is 0 Å². The van der Waals surface area contributed by atoms with Crippen molar-refractivity contribution in [2.75, 3.05) is 0 Å². The van der Waals surface area contributed by atoms with Gasteiger partial charge in [-0.1, -0.05) is 24.3 Å². The van der Waals surface area contributed by atoms with Crippen molar-refractivity contribution >= 4 is 22.2 Å². The fourth-order valence-electron chi connectivity index (χ4n) is 2.42. The molecule has 0 fully saturated rings. The van der Waals surface area contributed by atoms with E-state index in [0.717, 1.165) is 17.6 Å². The molecule has 4 heteroatoms. The highest BCUT2D eigenvalue weighted by Crippen LogP contribution is 2.24. The lowest BCUT2D eigenvalue weighted by atomic mass is 10.0. The molecule has 0 aliphatic heterocycles. The number of para-hydroxylation sites is 1. The van der Waals surface area contributed by atoms with E-state index in [1.165, 1.54) is 16.5 Å². The second-order valence-corrected chi connectivity index (χ2v) is 5.67. The van der Waals surface area contributed by atoms with Gasteiger partial charge in [-0.05, 0) is 40.9 Å². The molecule has 1 aromatic carbocycles. The molecule has 3 aromatic rings. The average molecular weight is 283 g/mol. The molecule has 3 N–H and O–H groups in total. The first-order chi connectivity index (χ1) is 9.78. The molecule has 0 saturated carbocycles. The van der Waals surface area contributed by atoms with Crippen LogP contribution in [-0.4, -0.2) is 4.98 Å². The minimum atomic E-state index is 0.106. The van der Waals surface area contributed by atoms with Crippen LogP contribution in [0.5, 0.6) is 0 Å². The van der Waals surface area contributed by atoms with Gasteiger partial charge in [-0.2, -0.15) is 11.3 Å². The largest absolute Gasteiger partial charge is 0.271 e. The van der Waals surface area contributed by atoms with Crippen molar-refractivity contribution < 1.29 is 0 Å². The van der Waals surface area contributed by atoms with E-state index >= 15 is 0 Å². The lowest BCUT2D eigenvalue weighted by molar-refractivity contribution is 0.546. The molecule has 20 heavy (non-hydrogen) atoms. The molecular formula is C16H17N3S. The van der Waals surface area contributed by atoms with Gasteiger partial charge in [-0.15, -0.1) is 0 Å². The Hall–Kier alpha value is -1.75. The fraction of sp³-hybridized carbons (Fsp3) is 0.188. The molecule has 102 valence electrons. The molecule has 3 rings (SSSR count). The predicted molar refractivity (Wildman–Crippen MR) is 84.6 cm³/mol. The van der Waals surface area contributed by atoms with Crippen LogP contribution in [0.15, 0.2) is 47.2 Å². The molecular weight excluding hydrogens is 266 g/mol. The number of nitrogens with zero attached hydrogens (tertiary/aromatic N) is 1. The number of aryl methyl sites for hydroxylation is 1. The third kappa shape index (κ3) is 2.58. The van der Waals surface area contributed by atoms with Crippen molar-refractivity contribution in [3.05, 3.63) is 64.0 Å². The van der Waals surface area contributed by atoms with Crippen molar-refractivity contribution in [2.24, 2.45) is 5.84 Å². The Bertz CT molecular complexity index is 720. The van der Waals surface area contributed by atoms with Gasteiger partial charge in [0.15, 0.2) is 0 Å². The van der Waals surface area contributed by atoms with E-state index in [2.05, 4.69) is 41.3 Å². The van der Waals surface area contributed by atoms with Gasteiger partial charge in [-0.3, -0.25) is 16.3 Å². The predicted octanol–water partition coefficient (Wildman–Crippen LogP) is 3.35. The van der Waals surface area contributed by atoms with Crippen LogP contribution < -0.4 is 11.3 Å². The topological polar surface area (TPSA) is 50.9 Å². The number of hydrogen-bond donors (Lipinski definition) is 2. The minimum absolute atomic E-state index is 0.106. The maximum absolute atomic E-state index is 5.72. The highest BCUT2D eigenvalue weighted by molar-refractivity contribution is 7.08. The summed E-state index contributed by atoms with van der Waals surface area (Å²) >= 11 is 1.71. The highest BCUT2D eigenvalue weighted by Gasteiger charge is 2.14. The molecule has 0 aliphatic carbocycles. The van der Waals surface area contributed by atoms with E-state index in [1.54, 1.807) is 11.3 Å². The van der Waals surface area contributed by atoms with Gasteiger partial charge in [0.1, 0.15) is 0 Å². The summed E-state index contributed by atoms with van der Waals surface area (Å²) in [6.45, 7) is 2.12. The molecule has 0 amide bonds. The van der Waals surface area contributed by atoms with E-state index in [-0.39, 0.29) is 6.04 Å². The van der Waals surface area contributed by atoms with E-state index in [9.17, 15) is 0 Å². The molecule has 0 radical (unpaired) electrons. The Kier molecular flexibility index (Phi) is 3.78. The van der Waals surface area contributed by atoms with E-state index in [0.29, 0.717) is 0 Å². The first kappa shape index (κ1) is 13.2. The summed E-state index contributed by atoms with van der Waals surface area (Å²) in [7, 11) is 0. The van der Waals surface area contributed by atoms with Crippen LogP contribution in [0.2, 0.25) is 0 Å². The second-order valence-electron chi connectivity index (χ2n) is 4.93. The average Bonchev–Trinajstić information content (AvgIpc) is 2.91. The third-order valence-corrected chi connectivity index (χ3v) is 4.42. The zero-order chi connectivity index (χ0) is 13.9. The normalized spacial score (nSPS) is 12.7. The number of rotatable bonds is 4. The highest BCUT2D eigenvalue weighted by atomic mass is 32.1. The Morgan fingerprint density at radius 1 is 1.20 bits per heavy atom. The zero-order valence-corrected chi connectivity index (χ0v) is 12.2. The molecule has 1 atom stereocenters. The van der Waals surface area contributed by atoms with Gasteiger partial charge in [-0.25, -0.2) is 0 Å². The number of hydrogen-bond acceptors (Lipinski definition) is 4. The zero-order valence-electron chi connectivity index (χ0n) is 11.3. The molecule has 0 spiro atoms. The van der Waals surface area contributed by atoms with Crippen molar-refractivity contribution in [1.82, 2.24) is 10.4 Å². The summed E-state index contributed by atoms with van der Waals surface area (Å²) in [5.41, 5.74) is 7.53. The maximum atomic E-state index is 5.72. The monoisotopic (exact) mass is 283 g/mol. The summed E-state index contributed by atoms with van der Waals surface area (Å²) in [5.74, 6) is 5.72. The number of thiophene rings is 1. The van der Waals surface area contributed by atoms with Crippen LogP contribution in [0.3, 0.4) is 0 Å². The van der Waals surface area contributed by atoms with E-state index in [4.69, 9.17) is 10.8 Å². The van der Waals surface area contributed by atoms with Crippen molar-refractivity contribution in [3.8, 4) is 0 Å². The number of pyridine rings is 1. The molecule has 2 heterocycles. The van der Waals surface area contributed by atoms with Crippen LogP contribution in [0.25, 0.3) is 10.9 Å². The van der Waals surface area contributed by atoms with Crippen molar-refractivity contribution in [3.63, 3.8) is 0 Å². The Morgan fingerprint density at radius 2 is 2.05 bits per heavy atom. The SMILES string of the molecule is Cc1cscc1C(Cc1ccc2ccccc2n1)NN. The third-order valence-electron chi connectivity index (χ3n) is 3.54. The summed E-state index contributed by atoms with van der Waals surface area (Å²) in [5, 5.41) is 5.47. The first-order valence-electron chi connectivity index (χ1n) is 6.61. The second kappa shape index (κ2) is 5.71. The summed E-state index contributed by atoms with van der Waals surface area (Å²) in [4.78, 5) is 4.71. The van der Waals surface area contributed by atoms with Crippen molar-refractivity contribution in [2.45, 2.75) is 19.4 Å².